The lowest BCUT2D eigenvalue weighted by atomic mass is 10.2. The average molecular weight is 197 g/mol. The Morgan fingerprint density at radius 2 is 2.07 bits per heavy atom. The van der Waals surface area contributed by atoms with Gasteiger partial charge in [-0.3, -0.25) is 0 Å². The van der Waals surface area contributed by atoms with Gasteiger partial charge >= 0.3 is 0 Å². The van der Waals surface area contributed by atoms with E-state index in [1.54, 1.807) is 0 Å². The van der Waals surface area contributed by atoms with Gasteiger partial charge in [0.15, 0.2) is 5.82 Å². The summed E-state index contributed by atoms with van der Waals surface area (Å²) < 4.78 is 5.11. The summed E-state index contributed by atoms with van der Waals surface area (Å²) in [5.41, 5.74) is 5.40. The van der Waals surface area contributed by atoms with Crippen molar-refractivity contribution in [3.8, 4) is 0 Å². The first-order valence-electron chi connectivity index (χ1n) is 5.38. The number of unbranched alkanes of at least 4 members (excludes halogenated alkanes) is 2. The fourth-order valence-electron chi connectivity index (χ4n) is 1.31. The normalized spacial score (nSPS) is 10.7. The molecule has 0 saturated heterocycles. The van der Waals surface area contributed by atoms with Crippen LogP contribution < -0.4 is 5.73 Å². The minimum Gasteiger partial charge on any atom is -0.339 e. The molecule has 0 amide bonds. The van der Waals surface area contributed by atoms with E-state index >= 15 is 0 Å². The lowest BCUT2D eigenvalue weighted by molar-refractivity contribution is 0.368. The van der Waals surface area contributed by atoms with Gasteiger partial charge in [-0.15, -0.1) is 0 Å². The summed E-state index contributed by atoms with van der Waals surface area (Å²) in [7, 11) is 0. The third-order valence-electron chi connectivity index (χ3n) is 2.08. The molecule has 1 heterocycles. The van der Waals surface area contributed by atoms with E-state index in [0.29, 0.717) is 0 Å². The molecule has 14 heavy (non-hydrogen) atoms. The first-order chi connectivity index (χ1) is 6.86. The molecule has 0 aliphatic heterocycles. The van der Waals surface area contributed by atoms with E-state index in [1.165, 1.54) is 0 Å². The number of nitrogens with two attached hydrogens (primary N) is 1. The first-order valence-corrected chi connectivity index (χ1v) is 5.38. The van der Waals surface area contributed by atoms with E-state index in [0.717, 1.165) is 56.8 Å². The van der Waals surface area contributed by atoms with Crippen molar-refractivity contribution in [2.45, 2.75) is 45.4 Å². The van der Waals surface area contributed by atoms with Gasteiger partial charge in [-0.1, -0.05) is 18.5 Å². The summed E-state index contributed by atoms with van der Waals surface area (Å²) in [6, 6.07) is 0. The molecule has 0 spiro atoms. The molecule has 0 atom stereocenters. The molecule has 2 N–H and O–H groups in total. The van der Waals surface area contributed by atoms with Gasteiger partial charge in [0.25, 0.3) is 0 Å². The van der Waals surface area contributed by atoms with E-state index in [4.69, 9.17) is 10.3 Å². The van der Waals surface area contributed by atoms with Crippen molar-refractivity contribution in [2.24, 2.45) is 5.73 Å². The van der Waals surface area contributed by atoms with Crippen LogP contribution in [0.5, 0.6) is 0 Å². The highest BCUT2D eigenvalue weighted by atomic mass is 16.5. The molecular formula is C10H19N3O. The Labute approximate surface area is 84.9 Å². The van der Waals surface area contributed by atoms with E-state index in [2.05, 4.69) is 17.1 Å². The van der Waals surface area contributed by atoms with Gasteiger partial charge in [-0.2, -0.15) is 4.98 Å². The second kappa shape index (κ2) is 6.54. The minimum absolute atomic E-state index is 0.769. The molecule has 1 aromatic heterocycles. The minimum atomic E-state index is 0.769. The zero-order chi connectivity index (χ0) is 10.2. The maximum Gasteiger partial charge on any atom is 0.226 e. The summed E-state index contributed by atoms with van der Waals surface area (Å²) in [6.07, 6.45) is 6.16. The quantitative estimate of drug-likeness (QED) is 0.675. The summed E-state index contributed by atoms with van der Waals surface area (Å²) in [6.45, 7) is 2.88. The third kappa shape index (κ3) is 3.87. The van der Waals surface area contributed by atoms with Crippen LogP contribution in [0.4, 0.5) is 0 Å². The van der Waals surface area contributed by atoms with Crippen molar-refractivity contribution in [2.75, 3.05) is 6.54 Å². The number of hydrogen-bond acceptors (Lipinski definition) is 4. The van der Waals surface area contributed by atoms with E-state index in [9.17, 15) is 0 Å². The second-order valence-electron chi connectivity index (χ2n) is 3.45. The van der Waals surface area contributed by atoms with Gasteiger partial charge in [-0.05, 0) is 25.8 Å². The Morgan fingerprint density at radius 3 is 2.79 bits per heavy atom. The van der Waals surface area contributed by atoms with E-state index < -0.39 is 0 Å². The van der Waals surface area contributed by atoms with Crippen molar-refractivity contribution in [1.29, 1.82) is 0 Å². The van der Waals surface area contributed by atoms with Gasteiger partial charge in [-0.25, -0.2) is 0 Å². The molecule has 0 bridgehead atoms. The van der Waals surface area contributed by atoms with Gasteiger partial charge in [0.05, 0.1) is 0 Å². The van der Waals surface area contributed by atoms with Gasteiger partial charge in [0.2, 0.25) is 5.89 Å². The summed E-state index contributed by atoms with van der Waals surface area (Å²) in [4.78, 5) is 4.29. The highest BCUT2D eigenvalue weighted by Gasteiger charge is 2.04. The lowest BCUT2D eigenvalue weighted by Gasteiger charge is -1.94. The lowest BCUT2D eigenvalue weighted by Crippen LogP contribution is -1.98. The second-order valence-corrected chi connectivity index (χ2v) is 3.45. The number of aromatic nitrogens is 2. The van der Waals surface area contributed by atoms with Crippen molar-refractivity contribution in [3.63, 3.8) is 0 Å². The number of aryl methyl sites for hydroxylation is 2. The summed E-state index contributed by atoms with van der Waals surface area (Å²) in [5.74, 6) is 1.60. The molecule has 0 saturated carbocycles. The molecule has 1 rings (SSSR count). The molecule has 0 aliphatic carbocycles. The van der Waals surface area contributed by atoms with E-state index in [1.807, 2.05) is 0 Å². The zero-order valence-electron chi connectivity index (χ0n) is 8.83. The summed E-state index contributed by atoms with van der Waals surface area (Å²) in [5, 5.41) is 3.89. The molecule has 0 fully saturated rings. The Hall–Kier alpha value is -0.900. The van der Waals surface area contributed by atoms with Crippen LogP contribution in [0, 0.1) is 0 Å². The van der Waals surface area contributed by atoms with Crippen LogP contribution in [0.2, 0.25) is 0 Å². The number of rotatable bonds is 7. The van der Waals surface area contributed by atoms with Crippen molar-refractivity contribution < 1.29 is 4.52 Å². The zero-order valence-corrected chi connectivity index (χ0v) is 8.83. The van der Waals surface area contributed by atoms with Crippen molar-refractivity contribution in [1.82, 2.24) is 10.1 Å². The molecular weight excluding hydrogens is 178 g/mol. The molecule has 0 radical (unpaired) electrons. The molecule has 0 aliphatic rings. The van der Waals surface area contributed by atoms with Crippen LogP contribution in [0.1, 0.15) is 44.3 Å². The maximum absolute atomic E-state index is 5.40. The summed E-state index contributed by atoms with van der Waals surface area (Å²) >= 11 is 0. The molecule has 4 nitrogen and oxygen atoms in total. The smallest absolute Gasteiger partial charge is 0.226 e. The van der Waals surface area contributed by atoms with Crippen LogP contribution in [-0.2, 0) is 12.8 Å². The van der Waals surface area contributed by atoms with Gasteiger partial charge < -0.3 is 10.3 Å². The van der Waals surface area contributed by atoms with Crippen LogP contribution >= 0.6 is 0 Å². The monoisotopic (exact) mass is 197 g/mol. The SMILES string of the molecule is CCCc1noc(CCCCCN)n1. The Bertz CT molecular complexity index is 247. The van der Waals surface area contributed by atoms with Gasteiger partial charge in [0.1, 0.15) is 0 Å². The predicted molar refractivity (Wildman–Crippen MR) is 54.9 cm³/mol. The fourth-order valence-corrected chi connectivity index (χ4v) is 1.31. The highest BCUT2D eigenvalue weighted by Crippen LogP contribution is 2.05. The largest absolute Gasteiger partial charge is 0.339 e. The van der Waals surface area contributed by atoms with Crippen molar-refractivity contribution in [3.05, 3.63) is 11.7 Å². The van der Waals surface area contributed by atoms with Crippen LogP contribution in [0.15, 0.2) is 4.52 Å². The molecule has 4 heteroatoms. The maximum atomic E-state index is 5.40. The standard InChI is InChI=1S/C10H19N3O/c1-2-6-9-12-10(14-13-9)7-4-3-5-8-11/h2-8,11H2,1H3. The van der Waals surface area contributed by atoms with Crippen molar-refractivity contribution >= 4 is 0 Å². The molecule has 0 unspecified atom stereocenters. The Kier molecular flexibility index (Phi) is 5.22. The Balaban J connectivity index is 2.22. The van der Waals surface area contributed by atoms with E-state index in [-0.39, 0.29) is 0 Å². The molecule has 1 aromatic rings. The van der Waals surface area contributed by atoms with Crippen LogP contribution in [-0.4, -0.2) is 16.7 Å². The number of hydrogen-bond donors (Lipinski definition) is 1. The topological polar surface area (TPSA) is 64.9 Å². The number of nitrogens with zero attached hydrogens (tertiary/aromatic N) is 2. The van der Waals surface area contributed by atoms with Crippen LogP contribution in [0.25, 0.3) is 0 Å². The Morgan fingerprint density at radius 1 is 1.21 bits per heavy atom. The average Bonchev–Trinajstić information content (AvgIpc) is 2.61. The molecule has 0 aromatic carbocycles. The predicted octanol–water partition coefficient (Wildman–Crippen LogP) is 1.69. The third-order valence-corrected chi connectivity index (χ3v) is 2.08. The fraction of sp³-hybridized carbons (Fsp3) is 0.800. The first kappa shape index (κ1) is 11.2. The van der Waals surface area contributed by atoms with Gasteiger partial charge in [0, 0.05) is 12.8 Å². The highest BCUT2D eigenvalue weighted by molar-refractivity contribution is 4.86. The molecule has 80 valence electrons. The van der Waals surface area contributed by atoms with Crippen LogP contribution in [0.3, 0.4) is 0 Å².